The third-order valence-corrected chi connectivity index (χ3v) is 8.17. The molecule has 1 aromatic heterocycles. The lowest BCUT2D eigenvalue weighted by molar-refractivity contribution is -0.136. The van der Waals surface area contributed by atoms with E-state index >= 15 is 0 Å². The Balaban J connectivity index is 1.43. The Bertz CT molecular complexity index is 1070. The molecule has 0 saturated heterocycles. The molecule has 1 aromatic carbocycles. The number of carbonyl (C=O) groups is 2. The number of fused-ring (bicyclic) bond motifs is 1. The van der Waals surface area contributed by atoms with Crippen LogP contribution in [0, 0.1) is 0 Å². The minimum Gasteiger partial charge on any atom is -0.347 e. The highest BCUT2D eigenvalue weighted by molar-refractivity contribution is 7.92. The van der Waals surface area contributed by atoms with Crippen LogP contribution in [-0.2, 0) is 31.4 Å². The van der Waals surface area contributed by atoms with Crippen LogP contribution in [0.15, 0.2) is 35.0 Å². The number of amides is 2. The number of aryl methyl sites for hydroxylation is 1. The zero-order valence-electron chi connectivity index (χ0n) is 17.5. The van der Waals surface area contributed by atoms with Crippen molar-refractivity contribution in [1.29, 1.82) is 0 Å². The molecule has 0 bridgehead atoms. The maximum atomic E-state index is 12.5. The SMILES string of the molecule is CS(=O)(=O)N1CCCc2ccc(NC(=O)C(=O)NCC3(c4ccsc4)CCCC3)cc21. The van der Waals surface area contributed by atoms with Crippen LogP contribution in [0.4, 0.5) is 11.4 Å². The number of hydrogen-bond acceptors (Lipinski definition) is 5. The molecule has 2 aliphatic rings. The Kier molecular flexibility index (Phi) is 6.07. The first-order chi connectivity index (χ1) is 14.8. The molecule has 166 valence electrons. The molecule has 31 heavy (non-hydrogen) atoms. The van der Waals surface area contributed by atoms with Crippen LogP contribution in [0.3, 0.4) is 0 Å². The summed E-state index contributed by atoms with van der Waals surface area (Å²) in [6.45, 7) is 0.844. The van der Waals surface area contributed by atoms with Crippen molar-refractivity contribution in [1.82, 2.24) is 5.32 Å². The molecule has 2 amide bonds. The summed E-state index contributed by atoms with van der Waals surface area (Å²) in [5.41, 5.74) is 3.01. The van der Waals surface area contributed by atoms with Gasteiger partial charge in [0.05, 0.1) is 11.9 Å². The summed E-state index contributed by atoms with van der Waals surface area (Å²) < 4.78 is 25.6. The number of anilines is 2. The Hall–Kier alpha value is -2.39. The fraction of sp³-hybridized carbons (Fsp3) is 0.455. The van der Waals surface area contributed by atoms with Crippen molar-refractivity contribution < 1.29 is 18.0 Å². The van der Waals surface area contributed by atoms with Crippen LogP contribution in [0.1, 0.15) is 43.2 Å². The van der Waals surface area contributed by atoms with Crippen molar-refractivity contribution >= 4 is 44.5 Å². The summed E-state index contributed by atoms with van der Waals surface area (Å²) in [4.78, 5) is 25.0. The van der Waals surface area contributed by atoms with E-state index in [1.54, 1.807) is 23.5 Å². The summed E-state index contributed by atoms with van der Waals surface area (Å²) in [5.74, 6) is -1.43. The van der Waals surface area contributed by atoms with Crippen molar-refractivity contribution in [3.8, 4) is 0 Å². The second-order valence-electron chi connectivity index (χ2n) is 8.42. The van der Waals surface area contributed by atoms with E-state index in [9.17, 15) is 18.0 Å². The molecule has 2 N–H and O–H groups in total. The minimum atomic E-state index is -3.41. The molecule has 0 radical (unpaired) electrons. The quantitative estimate of drug-likeness (QED) is 0.669. The lowest BCUT2D eigenvalue weighted by Crippen LogP contribution is -2.43. The van der Waals surface area contributed by atoms with Gasteiger partial charge in [0.2, 0.25) is 10.0 Å². The molecular formula is C22H27N3O4S2. The van der Waals surface area contributed by atoms with Gasteiger partial charge in [-0.15, -0.1) is 0 Å². The molecule has 1 aliphatic carbocycles. The molecular weight excluding hydrogens is 434 g/mol. The third-order valence-electron chi connectivity index (χ3n) is 6.31. The zero-order valence-corrected chi connectivity index (χ0v) is 19.2. The van der Waals surface area contributed by atoms with E-state index in [0.29, 0.717) is 24.5 Å². The Labute approximate surface area is 186 Å². The van der Waals surface area contributed by atoms with Crippen LogP contribution in [0.2, 0.25) is 0 Å². The molecule has 1 fully saturated rings. The number of nitrogens with one attached hydrogen (secondary N) is 2. The van der Waals surface area contributed by atoms with Crippen LogP contribution in [0.5, 0.6) is 0 Å². The summed E-state index contributed by atoms with van der Waals surface area (Å²) in [5, 5.41) is 9.60. The smallest absolute Gasteiger partial charge is 0.313 e. The van der Waals surface area contributed by atoms with E-state index in [-0.39, 0.29) is 5.41 Å². The van der Waals surface area contributed by atoms with Crippen LogP contribution in [-0.4, -0.2) is 39.6 Å². The molecule has 9 heteroatoms. The summed E-state index contributed by atoms with van der Waals surface area (Å²) in [6.07, 6.45) is 6.93. The average molecular weight is 462 g/mol. The van der Waals surface area contributed by atoms with Gasteiger partial charge in [0, 0.05) is 24.2 Å². The number of nitrogens with zero attached hydrogens (tertiary/aromatic N) is 1. The van der Waals surface area contributed by atoms with Gasteiger partial charge in [0.15, 0.2) is 0 Å². The number of sulfonamides is 1. The van der Waals surface area contributed by atoms with Gasteiger partial charge in [0.25, 0.3) is 0 Å². The predicted octanol–water partition coefficient (Wildman–Crippen LogP) is 3.03. The number of benzene rings is 1. The molecule has 1 saturated carbocycles. The lowest BCUT2D eigenvalue weighted by Gasteiger charge is -2.29. The number of hydrogen-bond donors (Lipinski definition) is 2. The normalized spacial score (nSPS) is 17.8. The predicted molar refractivity (Wildman–Crippen MR) is 123 cm³/mol. The molecule has 0 unspecified atom stereocenters. The van der Waals surface area contributed by atoms with Gasteiger partial charge in [-0.3, -0.25) is 13.9 Å². The van der Waals surface area contributed by atoms with Gasteiger partial charge in [-0.1, -0.05) is 18.9 Å². The highest BCUT2D eigenvalue weighted by atomic mass is 32.2. The van der Waals surface area contributed by atoms with Crippen LogP contribution >= 0.6 is 11.3 Å². The van der Waals surface area contributed by atoms with E-state index < -0.39 is 21.8 Å². The van der Waals surface area contributed by atoms with E-state index in [1.807, 2.05) is 11.4 Å². The van der Waals surface area contributed by atoms with E-state index in [2.05, 4.69) is 22.1 Å². The third kappa shape index (κ3) is 4.62. The summed E-state index contributed by atoms with van der Waals surface area (Å²) in [7, 11) is -3.41. The lowest BCUT2D eigenvalue weighted by atomic mass is 9.80. The number of thiophene rings is 1. The highest BCUT2D eigenvalue weighted by Gasteiger charge is 2.36. The maximum Gasteiger partial charge on any atom is 0.313 e. The van der Waals surface area contributed by atoms with E-state index in [1.165, 1.54) is 16.1 Å². The Morgan fingerprint density at radius 3 is 2.58 bits per heavy atom. The van der Waals surface area contributed by atoms with Gasteiger partial charge in [-0.2, -0.15) is 11.3 Å². The van der Waals surface area contributed by atoms with Crippen molar-refractivity contribution in [3.05, 3.63) is 46.2 Å². The molecule has 7 nitrogen and oxygen atoms in total. The second kappa shape index (κ2) is 8.63. The summed E-state index contributed by atoms with van der Waals surface area (Å²) >= 11 is 1.64. The maximum absolute atomic E-state index is 12.5. The van der Waals surface area contributed by atoms with Crippen LogP contribution < -0.4 is 14.9 Å². The van der Waals surface area contributed by atoms with Gasteiger partial charge >= 0.3 is 11.8 Å². The van der Waals surface area contributed by atoms with Gasteiger partial charge in [-0.25, -0.2) is 8.42 Å². The molecule has 0 spiro atoms. The van der Waals surface area contributed by atoms with Gasteiger partial charge in [0.1, 0.15) is 0 Å². The first-order valence-corrected chi connectivity index (χ1v) is 13.3. The van der Waals surface area contributed by atoms with Gasteiger partial charge < -0.3 is 10.6 Å². The fourth-order valence-electron chi connectivity index (χ4n) is 4.67. The molecule has 1 aliphatic heterocycles. The largest absolute Gasteiger partial charge is 0.347 e. The minimum absolute atomic E-state index is 0.0995. The average Bonchev–Trinajstić information content (AvgIpc) is 3.43. The number of carbonyl (C=O) groups excluding carboxylic acids is 2. The standard InChI is InChI=1S/C22H27N3O4S2/c1-31(28,29)25-11-4-5-16-6-7-18(13-19(16)25)24-21(27)20(26)23-15-22(9-2-3-10-22)17-8-12-30-14-17/h6-8,12-14H,2-5,9-11,15H2,1H3,(H,23,26)(H,24,27). The number of rotatable bonds is 5. The van der Waals surface area contributed by atoms with Gasteiger partial charge in [-0.05, 0) is 65.8 Å². The van der Waals surface area contributed by atoms with Crippen molar-refractivity contribution in [2.75, 3.05) is 29.0 Å². The molecule has 2 aromatic rings. The zero-order chi connectivity index (χ0) is 22.1. The fourth-order valence-corrected chi connectivity index (χ4v) is 6.43. The van der Waals surface area contributed by atoms with E-state index in [0.717, 1.165) is 44.1 Å². The van der Waals surface area contributed by atoms with Crippen molar-refractivity contribution in [3.63, 3.8) is 0 Å². The molecule has 0 atom stereocenters. The van der Waals surface area contributed by atoms with Crippen molar-refractivity contribution in [2.45, 2.75) is 43.9 Å². The highest BCUT2D eigenvalue weighted by Crippen LogP contribution is 2.41. The topological polar surface area (TPSA) is 95.6 Å². The second-order valence-corrected chi connectivity index (χ2v) is 11.1. The molecule has 4 rings (SSSR count). The Morgan fingerprint density at radius 1 is 1.13 bits per heavy atom. The monoisotopic (exact) mass is 461 g/mol. The first kappa shape index (κ1) is 21.8. The van der Waals surface area contributed by atoms with Crippen LogP contribution in [0.25, 0.3) is 0 Å². The van der Waals surface area contributed by atoms with E-state index in [4.69, 9.17) is 0 Å². The van der Waals surface area contributed by atoms with Crippen molar-refractivity contribution in [2.24, 2.45) is 0 Å². The molecule has 2 heterocycles. The Morgan fingerprint density at radius 2 is 1.90 bits per heavy atom. The first-order valence-electron chi connectivity index (χ1n) is 10.5. The summed E-state index contributed by atoms with van der Waals surface area (Å²) in [6, 6.07) is 7.25.